The summed E-state index contributed by atoms with van der Waals surface area (Å²) in [5.74, 6) is 0.790. The smallest absolute Gasteiger partial charge is 0.274 e. The molecule has 1 aliphatic rings. The molecule has 1 unspecified atom stereocenters. The zero-order valence-corrected chi connectivity index (χ0v) is 15.4. The Labute approximate surface area is 157 Å². The highest BCUT2D eigenvalue weighted by Gasteiger charge is 2.18. The summed E-state index contributed by atoms with van der Waals surface area (Å²) in [6, 6.07) is 11.0. The van der Waals surface area contributed by atoms with E-state index in [9.17, 15) is 4.79 Å². The maximum atomic E-state index is 12.4. The Bertz CT molecular complexity index is 977. The van der Waals surface area contributed by atoms with E-state index in [0.29, 0.717) is 29.8 Å². The molecular formula is C20H22N4O3. The van der Waals surface area contributed by atoms with Gasteiger partial charge in [0.05, 0.1) is 24.1 Å². The number of anilines is 1. The summed E-state index contributed by atoms with van der Waals surface area (Å²) >= 11 is 0. The number of fused-ring (bicyclic) bond motifs is 1. The summed E-state index contributed by atoms with van der Waals surface area (Å²) in [6.07, 6.45) is 1.02. The highest BCUT2D eigenvalue weighted by Crippen LogP contribution is 2.28. The normalized spacial score (nSPS) is 16.6. The lowest BCUT2D eigenvalue weighted by Gasteiger charge is -2.08. The monoisotopic (exact) mass is 366 g/mol. The number of pyridine rings is 1. The highest BCUT2D eigenvalue weighted by molar-refractivity contribution is 6.04. The van der Waals surface area contributed by atoms with Crippen molar-refractivity contribution in [2.45, 2.75) is 13.3 Å². The van der Waals surface area contributed by atoms with Gasteiger partial charge >= 0.3 is 0 Å². The number of hydrogen-bond donors (Lipinski definition) is 1. The molecule has 7 heteroatoms. The van der Waals surface area contributed by atoms with Crippen LogP contribution in [0.2, 0.25) is 0 Å². The Morgan fingerprint density at radius 3 is 3.04 bits per heavy atom. The fourth-order valence-corrected chi connectivity index (χ4v) is 3.18. The maximum absolute atomic E-state index is 12.4. The average molecular weight is 366 g/mol. The van der Waals surface area contributed by atoms with Crippen LogP contribution >= 0.6 is 0 Å². The minimum atomic E-state index is -0.238. The topological polar surface area (TPSA) is 78.3 Å². The van der Waals surface area contributed by atoms with Crippen molar-refractivity contribution in [3.8, 4) is 5.88 Å². The summed E-state index contributed by atoms with van der Waals surface area (Å²) < 4.78 is 13.1. The fraction of sp³-hybridized carbons (Fsp3) is 0.350. The lowest BCUT2D eigenvalue weighted by atomic mass is 10.1. The van der Waals surface area contributed by atoms with Gasteiger partial charge in [-0.15, -0.1) is 5.10 Å². The third-order valence-corrected chi connectivity index (χ3v) is 4.68. The molecule has 140 valence electrons. The average Bonchev–Trinajstić information content (AvgIpc) is 3.28. The summed E-state index contributed by atoms with van der Waals surface area (Å²) in [5, 5.41) is 8.28. The van der Waals surface area contributed by atoms with Gasteiger partial charge in [0.25, 0.3) is 5.91 Å². The Kier molecular flexibility index (Phi) is 4.77. The lowest BCUT2D eigenvalue weighted by Crippen LogP contribution is -2.14. The first-order chi connectivity index (χ1) is 13.1. The second kappa shape index (κ2) is 7.36. The minimum absolute atomic E-state index is 0.238. The van der Waals surface area contributed by atoms with Crippen molar-refractivity contribution in [3.63, 3.8) is 0 Å². The third-order valence-electron chi connectivity index (χ3n) is 4.68. The van der Waals surface area contributed by atoms with E-state index in [2.05, 4.69) is 15.4 Å². The second-order valence-corrected chi connectivity index (χ2v) is 6.82. The first-order valence-corrected chi connectivity index (χ1v) is 9.02. The first kappa shape index (κ1) is 17.5. The fourth-order valence-electron chi connectivity index (χ4n) is 3.18. The largest absolute Gasteiger partial charge is 0.476 e. The summed E-state index contributed by atoms with van der Waals surface area (Å²) in [6.45, 7) is 4.01. The molecule has 7 nitrogen and oxygen atoms in total. The predicted molar refractivity (Wildman–Crippen MR) is 102 cm³/mol. The van der Waals surface area contributed by atoms with Gasteiger partial charge in [0, 0.05) is 31.0 Å². The molecule has 0 bridgehead atoms. The molecule has 2 aromatic heterocycles. The molecule has 1 saturated heterocycles. The van der Waals surface area contributed by atoms with Gasteiger partial charge < -0.3 is 14.8 Å². The number of carbonyl (C=O) groups excluding carboxylic acids is 1. The van der Waals surface area contributed by atoms with Crippen molar-refractivity contribution in [3.05, 3.63) is 47.8 Å². The molecular weight excluding hydrogens is 344 g/mol. The van der Waals surface area contributed by atoms with Crippen LogP contribution in [0.25, 0.3) is 10.9 Å². The highest BCUT2D eigenvalue weighted by atomic mass is 16.5. The number of nitrogens with zero attached hydrogens (tertiary/aromatic N) is 3. The molecule has 0 saturated carbocycles. The molecule has 0 aliphatic carbocycles. The van der Waals surface area contributed by atoms with Crippen molar-refractivity contribution in [2.75, 3.05) is 25.1 Å². The molecule has 27 heavy (non-hydrogen) atoms. The molecule has 3 aromatic rings. The van der Waals surface area contributed by atoms with E-state index >= 15 is 0 Å². The molecule has 1 aromatic carbocycles. The molecule has 1 atom stereocenters. The van der Waals surface area contributed by atoms with Gasteiger partial charge in [-0.1, -0.05) is 6.07 Å². The number of rotatable bonds is 5. The van der Waals surface area contributed by atoms with Gasteiger partial charge in [-0.25, -0.2) is 4.98 Å². The van der Waals surface area contributed by atoms with Crippen LogP contribution in [0, 0.1) is 12.8 Å². The standard InChI is InChI=1S/C20H22N4O3/c1-13-4-3-5-17(21-13)19(25)22-15-6-7-16-18(10-15)24(2)23-20(16)27-12-14-8-9-26-11-14/h3-7,10,14H,8-9,11-12H2,1-2H3,(H,22,25). The van der Waals surface area contributed by atoms with Crippen LogP contribution in [0.1, 0.15) is 22.6 Å². The predicted octanol–water partition coefficient (Wildman–Crippen LogP) is 2.94. The Balaban J connectivity index is 1.52. The number of aryl methyl sites for hydroxylation is 2. The zero-order valence-electron chi connectivity index (χ0n) is 15.4. The molecule has 1 amide bonds. The van der Waals surface area contributed by atoms with E-state index in [1.807, 2.05) is 44.3 Å². The third kappa shape index (κ3) is 3.78. The molecule has 1 N–H and O–H groups in total. The van der Waals surface area contributed by atoms with Crippen molar-refractivity contribution >= 4 is 22.5 Å². The van der Waals surface area contributed by atoms with Crippen molar-refractivity contribution in [2.24, 2.45) is 13.0 Å². The van der Waals surface area contributed by atoms with E-state index < -0.39 is 0 Å². The Morgan fingerprint density at radius 1 is 1.37 bits per heavy atom. The number of amides is 1. The van der Waals surface area contributed by atoms with Gasteiger partial charge in [0.1, 0.15) is 5.69 Å². The van der Waals surface area contributed by atoms with Crippen LogP contribution in [-0.2, 0) is 11.8 Å². The Hall–Kier alpha value is -2.93. The van der Waals surface area contributed by atoms with E-state index in [4.69, 9.17) is 9.47 Å². The second-order valence-electron chi connectivity index (χ2n) is 6.82. The van der Waals surface area contributed by atoms with Gasteiger partial charge in [0.15, 0.2) is 0 Å². The van der Waals surface area contributed by atoms with Gasteiger partial charge in [-0.2, -0.15) is 0 Å². The summed E-state index contributed by atoms with van der Waals surface area (Å²) in [5.41, 5.74) is 2.78. The molecule has 3 heterocycles. The van der Waals surface area contributed by atoms with Crippen LogP contribution in [0.5, 0.6) is 5.88 Å². The van der Waals surface area contributed by atoms with Gasteiger partial charge in [0.2, 0.25) is 5.88 Å². The lowest BCUT2D eigenvalue weighted by molar-refractivity contribution is 0.102. The van der Waals surface area contributed by atoms with E-state index in [0.717, 1.165) is 36.2 Å². The van der Waals surface area contributed by atoms with Crippen LogP contribution < -0.4 is 10.1 Å². The van der Waals surface area contributed by atoms with E-state index in [1.54, 1.807) is 10.7 Å². The zero-order chi connectivity index (χ0) is 18.8. The number of aromatic nitrogens is 3. The van der Waals surface area contributed by atoms with Crippen LogP contribution in [-0.4, -0.2) is 40.5 Å². The number of ether oxygens (including phenoxy) is 2. The Morgan fingerprint density at radius 2 is 2.26 bits per heavy atom. The molecule has 0 spiro atoms. The quantitative estimate of drug-likeness (QED) is 0.751. The van der Waals surface area contributed by atoms with Crippen molar-refractivity contribution in [1.82, 2.24) is 14.8 Å². The van der Waals surface area contributed by atoms with Gasteiger partial charge in [-0.3, -0.25) is 9.48 Å². The minimum Gasteiger partial charge on any atom is -0.476 e. The summed E-state index contributed by atoms with van der Waals surface area (Å²) in [4.78, 5) is 16.7. The number of hydrogen-bond acceptors (Lipinski definition) is 5. The number of benzene rings is 1. The molecule has 1 fully saturated rings. The molecule has 4 rings (SSSR count). The number of carbonyl (C=O) groups is 1. The molecule has 0 radical (unpaired) electrons. The SMILES string of the molecule is Cc1cccc(C(=O)Nc2ccc3c(OCC4CCOC4)nn(C)c3c2)n1. The van der Waals surface area contributed by atoms with Crippen LogP contribution in [0.15, 0.2) is 36.4 Å². The van der Waals surface area contributed by atoms with Crippen LogP contribution in [0.4, 0.5) is 5.69 Å². The number of nitrogens with one attached hydrogen (secondary N) is 1. The molecule has 1 aliphatic heterocycles. The van der Waals surface area contributed by atoms with Crippen molar-refractivity contribution in [1.29, 1.82) is 0 Å². The maximum Gasteiger partial charge on any atom is 0.274 e. The van der Waals surface area contributed by atoms with Gasteiger partial charge in [-0.05, 0) is 43.7 Å². The van der Waals surface area contributed by atoms with E-state index in [-0.39, 0.29) is 5.91 Å². The summed E-state index contributed by atoms with van der Waals surface area (Å²) in [7, 11) is 1.86. The van der Waals surface area contributed by atoms with E-state index in [1.165, 1.54) is 0 Å². The van der Waals surface area contributed by atoms with Crippen molar-refractivity contribution < 1.29 is 14.3 Å². The van der Waals surface area contributed by atoms with Crippen LogP contribution in [0.3, 0.4) is 0 Å². The first-order valence-electron chi connectivity index (χ1n) is 9.02.